The molecule has 6 heteroatoms. The third-order valence-corrected chi connectivity index (χ3v) is 5.80. The van der Waals surface area contributed by atoms with E-state index in [1.54, 1.807) is 0 Å². The number of ether oxygens (including phenoxy) is 2. The number of hydrogen-bond donors (Lipinski definition) is 1. The van der Waals surface area contributed by atoms with Gasteiger partial charge < -0.3 is 19.7 Å². The number of rotatable bonds is 4. The lowest BCUT2D eigenvalue weighted by Crippen LogP contribution is -2.50. The number of benzene rings is 1. The Balaban J connectivity index is 1.47. The van der Waals surface area contributed by atoms with E-state index in [0.717, 1.165) is 37.0 Å². The average molecular weight is 372 g/mol. The number of likely N-dealkylation sites (tertiary alicyclic amines) is 1. The second-order valence-corrected chi connectivity index (χ2v) is 8.36. The lowest BCUT2D eigenvalue weighted by Gasteiger charge is -2.37. The van der Waals surface area contributed by atoms with E-state index in [-0.39, 0.29) is 17.7 Å². The highest BCUT2D eigenvalue weighted by Crippen LogP contribution is 2.36. The van der Waals surface area contributed by atoms with Gasteiger partial charge in [-0.15, -0.1) is 0 Å². The van der Waals surface area contributed by atoms with Gasteiger partial charge in [-0.2, -0.15) is 0 Å². The van der Waals surface area contributed by atoms with Gasteiger partial charge in [-0.05, 0) is 57.2 Å². The molecule has 2 aliphatic heterocycles. The number of carbonyl (C=O) groups is 2. The summed E-state index contributed by atoms with van der Waals surface area (Å²) in [5.74, 6) is 1.48. The van der Waals surface area contributed by atoms with Crippen molar-refractivity contribution in [2.45, 2.75) is 51.0 Å². The summed E-state index contributed by atoms with van der Waals surface area (Å²) in [4.78, 5) is 27.6. The largest absolute Gasteiger partial charge is 0.486 e. The van der Waals surface area contributed by atoms with E-state index in [2.05, 4.69) is 5.32 Å². The van der Waals surface area contributed by atoms with Gasteiger partial charge >= 0.3 is 0 Å². The molecule has 2 fully saturated rings. The number of hydrogen-bond acceptors (Lipinski definition) is 4. The zero-order valence-corrected chi connectivity index (χ0v) is 16.1. The summed E-state index contributed by atoms with van der Waals surface area (Å²) in [6.45, 7) is 6.16. The van der Waals surface area contributed by atoms with E-state index in [1.165, 1.54) is 0 Å². The van der Waals surface area contributed by atoms with E-state index in [4.69, 9.17) is 9.47 Å². The fraction of sp³-hybridized carbons (Fsp3) is 0.619. The monoisotopic (exact) mass is 372 g/mol. The summed E-state index contributed by atoms with van der Waals surface area (Å²) in [6, 6.07) is 6.08. The lowest BCUT2D eigenvalue weighted by atomic mass is 9.82. The molecule has 2 heterocycles. The smallest absolute Gasteiger partial charge is 0.232 e. The predicted octanol–water partition coefficient (Wildman–Crippen LogP) is 2.25. The second kappa shape index (κ2) is 7.06. The fourth-order valence-electron chi connectivity index (χ4n) is 3.87. The standard InChI is InChI=1S/C21H28N2O4/c1-21(2,15-5-8-17-18(12-15)27-11-10-26-17)20(25)23-9-3-4-14(13-23)19(24)22-16-6-7-16/h5,8,12,14,16H,3-4,6-7,9-11,13H2,1-2H3,(H,22,24). The summed E-state index contributed by atoms with van der Waals surface area (Å²) in [5, 5.41) is 3.08. The number of carbonyl (C=O) groups excluding carboxylic acids is 2. The molecular formula is C21H28N2O4. The molecule has 0 bridgehead atoms. The minimum absolute atomic E-state index is 0.0584. The second-order valence-electron chi connectivity index (χ2n) is 8.36. The van der Waals surface area contributed by atoms with Crippen molar-refractivity contribution < 1.29 is 19.1 Å². The van der Waals surface area contributed by atoms with Crippen LogP contribution >= 0.6 is 0 Å². The van der Waals surface area contributed by atoms with Crippen molar-refractivity contribution in [3.63, 3.8) is 0 Å². The van der Waals surface area contributed by atoms with Crippen LogP contribution in [0.4, 0.5) is 0 Å². The Hall–Kier alpha value is -2.24. The zero-order valence-electron chi connectivity index (χ0n) is 16.1. The molecule has 1 aromatic carbocycles. The highest BCUT2D eigenvalue weighted by atomic mass is 16.6. The molecule has 146 valence electrons. The lowest BCUT2D eigenvalue weighted by molar-refractivity contribution is -0.140. The van der Waals surface area contributed by atoms with Crippen molar-refractivity contribution in [1.82, 2.24) is 10.2 Å². The first-order chi connectivity index (χ1) is 12.9. The Bertz CT molecular complexity index is 742. The van der Waals surface area contributed by atoms with Crippen LogP contribution in [0.2, 0.25) is 0 Å². The van der Waals surface area contributed by atoms with E-state index in [1.807, 2.05) is 36.9 Å². The summed E-state index contributed by atoms with van der Waals surface area (Å²) >= 11 is 0. The maximum atomic E-state index is 13.3. The SMILES string of the molecule is CC(C)(C(=O)N1CCCC(C(=O)NC2CC2)C1)c1ccc2c(c1)OCCO2. The summed E-state index contributed by atoms with van der Waals surface area (Å²) in [7, 11) is 0. The number of nitrogens with zero attached hydrogens (tertiary/aromatic N) is 1. The zero-order chi connectivity index (χ0) is 19.0. The van der Waals surface area contributed by atoms with Gasteiger partial charge in [0.1, 0.15) is 13.2 Å². The normalized spacial score (nSPS) is 22.3. The summed E-state index contributed by atoms with van der Waals surface area (Å²) in [6.07, 6.45) is 3.88. The Morgan fingerprint density at radius 3 is 2.59 bits per heavy atom. The summed E-state index contributed by atoms with van der Waals surface area (Å²) in [5.41, 5.74) is 0.214. The van der Waals surface area contributed by atoms with E-state index in [9.17, 15) is 9.59 Å². The van der Waals surface area contributed by atoms with Crippen LogP contribution < -0.4 is 14.8 Å². The number of amides is 2. The highest BCUT2D eigenvalue weighted by molar-refractivity contribution is 5.88. The van der Waals surface area contributed by atoms with Crippen LogP contribution in [0.15, 0.2) is 18.2 Å². The Morgan fingerprint density at radius 1 is 1.11 bits per heavy atom. The van der Waals surface area contributed by atoms with Crippen molar-refractivity contribution in [1.29, 1.82) is 0 Å². The minimum Gasteiger partial charge on any atom is -0.486 e. The van der Waals surface area contributed by atoms with Gasteiger partial charge in [0.2, 0.25) is 11.8 Å². The first-order valence-electron chi connectivity index (χ1n) is 9.95. The molecule has 1 aliphatic carbocycles. The van der Waals surface area contributed by atoms with Gasteiger partial charge in [0.15, 0.2) is 11.5 Å². The van der Waals surface area contributed by atoms with Crippen LogP contribution in [0.5, 0.6) is 11.5 Å². The molecule has 1 saturated carbocycles. The first kappa shape index (κ1) is 18.1. The van der Waals surface area contributed by atoms with Crippen molar-refractivity contribution in [3.8, 4) is 11.5 Å². The molecule has 3 aliphatic rings. The van der Waals surface area contributed by atoms with Crippen LogP contribution in [0.1, 0.15) is 45.1 Å². The molecule has 1 atom stereocenters. The topological polar surface area (TPSA) is 67.9 Å². The van der Waals surface area contributed by atoms with Crippen molar-refractivity contribution in [2.24, 2.45) is 5.92 Å². The number of nitrogens with one attached hydrogen (secondary N) is 1. The van der Waals surface area contributed by atoms with Crippen LogP contribution in [-0.4, -0.2) is 49.1 Å². The minimum atomic E-state index is -0.690. The molecule has 6 nitrogen and oxygen atoms in total. The van der Waals surface area contributed by atoms with Crippen LogP contribution in [0.25, 0.3) is 0 Å². The van der Waals surface area contributed by atoms with Crippen molar-refractivity contribution >= 4 is 11.8 Å². The Kier molecular flexibility index (Phi) is 4.74. The molecule has 1 aromatic rings. The first-order valence-corrected chi connectivity index (χ1v) is 9.95. The fourth-order valence-corrected chi connectivity index (χ4v) is 3.87. The maximum Gasteiger partial charge on any atom is 0.232 e. The van der Waals surface area contributed by atoms with Gasteiger partial charge in [-0.3, -0.25) is 9.59 Å². The Morgan fingerprint density at radius 2 is 1.85 bits per heavy atom. The molecule has 1 unspecified atom stereocenters. The van der Waals surface area contributed by atoms with E-state index >= 15 is 0 Å². The molecule has 27 heavy (non-hydrogen) atoms. The molecule has 2 amide bonds. The third kappa shape index (κ3) is 3.75. The molecule has 1 N–H and O–H groups in total. The quantitative estimate of drug-likeness (QED) is 0.880. The number of fused-ring (bicyclic) bond motifs is 1. The Labute approximate surface area is 160 Å². The molecule has 0 radical (unpaired) electrons. The van der Waals surface area contributed by atoms with Crippen LogP contribution in [0, 0.1) is 5.92 Å². The molecule has 4 rings (SSSR count). The molecule has 0 spiro atoms. The third-order valence-electron chi connectivity index (χ3n) is 5.80. The van der Waals surface area contributed by atoms with Gasteiger partial charge in [0.05, 0.1) is 11.3 Å². The van der Waals surface area contributed by atoms with Crippen LogP contribution in [-0.2, 0) is 15.0 Å². The number of piperidine rings is 1. The van der Waals surface area contributed by atoms with Gasteiger partial charge in [0.25, 0.3) is 0 Å². The van der Waals surface area contributed by atoms with Gasteiger partial charge in [0, 0.05) is 19.1 Å². The van der Waals surface area contributed by atoms with Crippen molar-refractivity contribution in [2.75, 3.05) is 26.3 Å². The van der Waals surface area contributed by atoms with E-state index in [0.29, 0.717) is 38.1 Å². The van der Waals surface area contributed by atoms with Crippen molar-refractivity contribution in [3.05, 3.63) is 23.8 Å². The highest BCUT2D eigenvalue weighted by Gasteiger charge is 2.38. The molecular weight excluding hydrogens is 344 g/mol. The molecule has 1 saturated heterocycles. The summed E-state index contributed by atoms with van der Waals surface area (Å²) < 4.78 is 11.3. The van der Waals surface area contributed by atoms with Gasteiger partial charge in [-0.25, -0.2) is 0 Å². The predicted molar refractivity (Wildman–Crippen MR) is 101 cm³/mol. The molecule has 0 aromatic heterocycles. The van der Waals surface area contributed by atoms with E-state index < -0.39 is 5.41 Å². The average Bonchev–Trinajstić information content (AvgIpc) is 3.51. The van der Waals surface area contributed by atoms with Gasteiger partial charge in [-0.1, -0.05) is 6.07 Å². The van der Waals surface area contributed by atoms with Crippen LogP contribution in [0.3, 0.4) is 0 Å². The maximum absolute atomic E-state index is 13.3.